The van der Waals surface area contributed by atoms with Gasteiger partial charge in [-0.2, -0.15) is 0 Å². The van der Waals surface area contributed by atoms with Crippen molar-refractivity contribution in [2.75, 3.05) is 0 Å². The van der Waals surface area contributed by atoms with Crippen LogP contribution in [0.5, 0.6) is 0 Å². The second kappa shape index (κ2) is 5.36. The molecular weight excluding hydrogens is 194 g/mol. The lowest BCUT2D eigenvalue weighted by atomic mass is 10.0. The van der Waals surface area contributed by atoms with Crippen LogP contribution in [0.15, 0.2) is 54.8 Å². The van der Waals surface area contributed by atoms with Crippen molar-refractivity contribution in [2.45, 2.75) is 20.3 Å². The van der Waals surface area contributed by atoms with Crippen LogP contribution in [0.4, 0.5) is 0 Å². The third-order valence-corrected chi connectivity index (χ3v) is 2.25. The molecule has 0 radical (unpaired) electrons. The first-order chi connectivity index (χ1) is 7.47. The van der Waals surface area contributed by atoms with Crippen LogP contribution in [0.25, 0.3) is 0 Å². The molecule has 0 atom stereocenters. The second-order valence-electron chi connectivity index (χ2n) is 4.24. The smallest absolute Gasteiger partial charge is 0.0241 e. The molecule has 0 saturated heterocycles. The van der Waals surface area contributed by atoms with Gasteiger partial charge in [-0.3, -0.25) is 0 Å². The molecule has 0 bridgehead atoms. The highest BCUT2D eigenvalue weighted by atomic mass is 14.5. The van der Waals surface area contributed by atoms with Gasteiger partial charge in [0, 0.05) is 5.70 Å². The van der Waals surface area contributed by atoms with E-state index in [-0.39, 0.29) is 0 Å². The highest BCUT2D eigenvalue weighted by Gasteiger charge is 1.97. The van der Waals surface area contributed by atoms with Crippen LogP contribution < -0.4 is 5.73 Å². The predicted octanol–water partition coefficient (Wildman–Crippen LogP) is 3.43. The molecule has 1 heteroatoms. The van der Waals surface area contributed by atoms with Gasteiger partial charge in [-0.05, 0) is 31.9 Å². The van der Waals surface area contributed by atoms with Crippen LogP contribution in [0.1, 0.15) is 16.7 Å². The third-order valence-electron chi connectivity index (χ3n) is 2.25. The Hall–Kier alpha value is -1.76. The Bertz CT molecular complexity index is 418. The van der Waals surface area contributed by atoms with Crippen molar-refractivity contribution < 1.29 is 0 Å². The van der Waals surface area contributed by atoms with Crippen LogP contribution >= 0.6 is 0 Å². The number of hydrogen-bond acceptors (Lipinski definition) is 1. The van der Waals surface area contributed by atoms with Gasteiger partial charge in [0.2, 0.25) is 0 Å². The van der Waals surface area contributed by atoms with Gasteiger partial charge < -0.3 is 5.73 Å². The summed E-state index contributed by atoms with van der Waals surface area (Å²) in [7, 11) is 0. The summed E-state index contributed by atoms with van der Waals surface area (Å²) in [5, 5.41) is 0. The standard InChI is InChI=1S/C15H19N/c1-11(5-6-14(4)16)8-15-9-12(2)7-13(3)10-15/h5-7,9-10H,1,4,8,16H2,2-3H3/b6-5-. The zero-order chi connectivity index (χ0) is 12.1. The average molecular weight is 213 g/mol. The van der Waals surface area contributed by atoms with Crippen LogP contribution in [0.3, 0.4) is 0 Å². The fraction of sp³-hybridized carbons (Fsp3) is 0.200. The largest absolute Gasteiger partial charge is 0.399 e. The number of aryl methyl sites for hydroxylation is 2. The van der Waals surface area contributed by atoms with E-state index in [1.807, 2.05) is 6.08 Å². The first kappa shape index (κ1) is 12.3. The molecule has 0 saturated carbocycles. The Kier molecular flexibility index (Phi) is 4.12. The molecule has 16 heavy (non-hydrogen) atoms. The van der Waals surface area contributed by atoms with E-state index in [9.17, 15) is 0 Å². The molecule has 0 aliphatic rings. The minimum absolute atomic E-state index is 0.557. The van der Waals surface area contributed by atoms with Crippen molar-refractivity contribution in [3.05, 3.63) is 71.5 Å². The molecule has 1 rings (SSSR count). The van der Waals surface area contributed by atoms with Crippen molar-refractivity contribution >= 4 is 0 Å². The highest BCUT2D eigenvalue weighted by Crippen LogP contribution is 2.13. The van der Waals surface area contributed by atoms with Gasteiger partial charge in [0.05, 0.1) is 0 Å². The Balaban J connectivity index is 2.73. The lowest BCUT2D eigenvalue weighted by Gasteiger charge is -2.05. The summed E-state index contributed by atoms with van der Waals surface area (Å²) in [6, 6.07) is 6.54. The van der Waals surface area contributed by atoms with Crippen molar-refractivity contribution in [1.82, 2.24) is 0 Å². The highest BCUT2D eigenvalue weighted by molar-refractivity contribution is 5.34. The van der Waals surface area contributed by atoms with Gasteiger partial charge in [0.1, 0.15) is 0 Å². The van der Waals surface area contributed by atoms with E-state index >= 15 is 0 Å². The van der Waals surface area contributed by atoms with E-state index in [4.69, 9.17) is 5.73 Å². The number of hydrogen-bond donors (Lipinski definition) is 1. The predicted molar refractivity (Wildman–Crippen MR) is 71.2 cm³/mol. The van der Waals surface area contributed by atoms with E-state index in [1.165, 1.54) is 16.7 Å². The zero-order valence-corrected chi connectivity index (χ0v) is 10.1. The third kappa shape index (κ3) is 4.18. The summed E-state index contributed by atoms with van der Waals surface area (Å²) in [6.07, 6.45) is 4.55. The van der Waals surface area contributed by atoms with E-state index in [2.05, 4.69) is 45.2 Å². The fourth-order valence-electron chi connectivity index (χ4n) is 1.72. The maximum atomic E-state index is 5.46. The lowest BCUT2D eigenvalue weighted by Crippen LogP contribution is -1.92. The number of nitrogens with two attached hydrogens (primary N) is 1. The van der Waals surface area contributed by atoms with Gasteiger partial charge in [0.15, 0.2) is 0 Å². The first-order valence-electron chi connectivity index (χ1n) is 5.35. The molecule has 0 aromatic heterocycles. The van der Waals surface area contributed by atoms with Crippen LogP contribution in [-0.2, 0) is 6.42 Å². The molecule has 84 valence electrons. The molecule has 0 amide bonds. The topological polar surface area (TPSA) is 26.0 Å². The summed E-state index contributed by atoms with van der Waals surface area (Å²) < 4.78 is 0. The van der Waals surface area contributed by atoms with E-state index in [0.717, 1.165) is 12.0 Å². The molecule has 0 spiro atoms. The molecule has 0 heterocycles. The van der Waals surface area contributed by atoms with Gasteiger partial charge in [0.25, 0.3) is 0 Å². The lowest BCUT2D eigenvalue weighted by molar-refractivity contribution is 1.18. The van der Waals surface area contributed by atoms with Crippen LogP contribution in [0, 0.1) is 13.8 Å². The van der Waals surface area contributed by atoms with Crippen molar-refractivity contribution in [3.63, 3.8) is 0 Å². The maximum absolute atomic E-state index is 5.46. The Morgan fingerprint density at radius 3 is 2.19 bits per heavy atom. The molecule has 0 fully saturated rings. The molecule has 1 nitrogen and oxygen atoms in total. The van der Waals surface area contributed by atoms with E-state index in [1.54, 1.807) is 6.08 Å². The molecule has 0 unspecified atom stereocenters. The second-order valence-corrected chi connectivity index (χ2v) is 4.24. The normalized spacial score (nSPS) is 10.6. The maximum Gasteiger partial charge on any atom is 0.0241 e. The number of allylic oxidation sites excluding steroid dienone is 3. The Morgan fingerprint density at radius 1 is 1.12 bits per heavy atom. The Labute approximate surface area is 98.0 Å². The summed E-state index contributed by atoms with van der Waals surface area (Å²) in [4.78, 5) is 0. The summed E-state index contributed by atoms with van der Waals surface area (Å²) in [5.41, 5.74) is 10.9. The minimum Gasteiger partial charge on any atom is -0.399 e. The molecule has 1 aromatic rings. The average Bonchev–Trinajstić information content (AvgIpc) is 2.12. The monoisotopic (exact) mass is 213 g/mol. The fourth-order valence-corrected chi connectivity index (χ4v) is 1.72. The van der Waals surface area contributed by atoms with E-state index < -0.39 is 0 Å². The van der Waals surface area contributed by atoms with Gasteiger partial charge >= 0.3 is 0 Å². The van der Waals surface area contributed by atoms with Gasteiger partial charge in [-0.25, -0.2) is 0 Å². The molecule has 2 N–H and O–H groups in total. The quantitative estimate of drug-likeness (QED) is 0.762. The van der Waals surface area contributed by atoms with Gasteiger partial charge in [-0.1, -0.05) is 54.1 Å². The molecule has 1 aromatic carbocycles. The molecule has 0 aliphatic carbocycles. The van der Waals surface area contributed by atoms with Crippen LogP contribution in [0.2, 0.25) is 0 Å². The van der Waals surface area contributed by atoms with Crippen molar-refractivity contribution in [2.24, 2.45) is 5.73 Å². The zero-order valence-electron chi connectivity index (χ0n) is 10.1. The van der Waals surface area contributed by atoms with Crippen molar-refractivity contribution in [3.8, 4) is 0 Å². The number of benzene rings is 1. The number of rotatable bonds is 4. The molecule has 0 aliphatic heterocycles. The van der Waals surface area contributed by atoms with Crippen molar-refractivity contribution in [1.29, 1.82) is 0 Å². The van der Waals surface area contributed by atoms with Crippen LogP contribution in [-0.4, -0.2) is 0 Å². The summed E-state index contributed by atoms with van der Waals surface area (Å²) in [6.45, 7) is 11.8. The molecular formula is C15H19N. The summed E-state index contributed by atoms with van der Waals surface area (Å²) in [5.74, 6) is 0. The van der Waals surface area contributed by atoms with E-state index in [0.29, 0.717) is 5.70 Å². The Morgan fingerprint density at radius 2 is 1.69 bits per heavy atom. The van der Waals surface area contributed by atoms with Gasteiger partial charge in [-0.15, -0.1) is 0 Å². The minimum atomic E-state index is 0.557. The first-order valence-corrected chi connectivity index (χ1v) is 5.35. The SMILES string of the molecule is C=C(N)/C=C\C(=C)Cc1cc(C)cc(C)c1. The summed E-state index contributed by atoms with van der Waals surface area (Å²) >= 11 is 0.